The predicted octanol–water partition coefficient (Wildman–Crippen LogP) is 5.64. The summed E-state index contributed by atoms with van der Waals surface area (Å²) in [6, 6.07) is 18.9. The van der Waals surface area contributed by atoms with Crippen LogP contribution in [0, 0.1) is 0 Å². The molecule has 3 rings (SSSR count). The smallest absolute Gasteiger partial charge is 0.206 e. The summed E-state index contributed by atoms with van der Waals surface area (Å²) in [6.07, 6.45) is 0. The first-order chi connectivity index (χ1) is 11.3. The molecule has 0 aromatic heterocycles. The summed E-state index contributed by atoms with van der Waals surface area (Å²) < 4.78 is 7.08. The second kappa shape index (κ2) is 6.28. The number of benzene rings is 2. The van der Waals surface area contributed by atoms with Gasteiger partial charge in [0.25, 0.3) is 0 Å². The third-order valence-electron chi connectivity index (χ3n) is 5.76. The number of fused-ring (bicyclic) bond motifs is 1. The summed E-state index contributed by atoms with van der Waals surface area (Å²) in [5, 5.41) is 1.51. The summed E-state index contributed by atoms with van der Waals surface area (Å²) in [5.74, 6) is 0. The van der Waals surface area contributed by atoms with E-state index in [0.29, 0.717) is 11.1 Å². The largest absolute Gasteiger partial charge is 0.451 e. The average Bonchev–Trinajstić information content (AvgIpc) is 2.54. The van der Waals surface area contributed by atoms with Gasteiger partial charge in [0.1, 0.15) is 0 Å². The van der Waals surface area contributed by atoms with E-state index in [1.165, 1.54) is 16.3 Å². The lowest BCUT2D eigenvalue weighted by atomic mass is 10.0. The summed E-state index contributed by atoms with van der Waals surface area (Å²) in [7, 11) is -3.70. The molecule has 0 N–H and O–H groups in total. The average molecular weight is 355 g/mol. The van der Waals surface area contributed by atoms with E-state index in [1.807, 2.05) is 0 Å². The van der Waals surface area contributed by atoms with Gasteiger partial charge in [0.05, 0.1) is 0 Å². The highest BCUT2D eigenvalue weighted by Crippen LogP contribution is 2.43. The zero-order valence-electron chi connectivity index (χ0n) is 15.9. The second-order valence-corrected chi connectivity index (χ2v) is 17.2. The highest BCUT2D eigenvalue weighted by molar-refractivity contribution is 6.95. The Labute approximate surface area is 149 Å². The summed E-state index contributed by atoms with van der Waals surface area (Å²) in [5.41, 5.74) is 5.63. The topological polar surface area (TPSA) is 9.23 Å². The van der Waals surface area contributed by atoms with E-state index in [9.17, 15) is 0 Å². The molecule has 0 fully saturated rings. The minimum atomic E-state index is -1.87. The van der Waals surface area contributed by atoms with Crippen LogP contribution in [0.15, 0.2) is 48.5 Å². The van der Waals surface area contributed by atoms with Crippen molar-refractivity contribution < 1.29 is 4.12 Å². The third-order valence-corrected chi connectivity index (χ3v) is 15.9. The molecule has 128 valence electrons. The number of hydrogen-bond donors (Lipinski definition) is 0. The van der Waals surface area contributed by atoms with Crippen molar-refractivity contribution in [3.8, 4) is 11.1 Å². The quantitative estimate of drug-likeness (QED) is 0.648. The monoisotopic (exact) mass is 354 g/mol. The molecular weight excluding hydrogens is 324 g/mol. The zero-order valence-corrected chi connectivity index (χ0v) is 17.9. The van der Waals surface area contributed by atoms with Crippen LogP contribution < -0.4 is 5.19 Å². The van der Waals surface area contributed by atoms with Crippen LogP contribution in [0.25, 0.3) is 11.1 Å². The van der Waals surface area contributed by atoms with Gasteiger partial charge in [0.2, 0.25) is 8.32 Å². The Hall–Kier alpha value is -1.17. The maximum Gasteiger partial charge on any atom is 0.206 e. The number of hydrogen-bond acceptors (Lipinski definition) is 1. The molecule has 0 bridgehead atoms. The Morgan fingerprint density at radius 2 is 1.46 bits per heavy atom. The minimum Gasteiger partial charge on any atom is -0.451 e. The van der Waals surface area contributed by atoms with Gasteiger partial charge >= 0.3 is 0 Å². The zero-order chi connectivity index (χ0) is 17.5. The van der Waals surface area contributed by atoms with E-state index < -0.39 is 16.6 Å². The van der Waals surface area contributed by atoms with Crippen LogP contribution in [0.4, 0.5) is 0 Å². The lowest BCUT2D eigenvalue weighted by Gasteiger charge is -2.49. The molecule has 2 aromatic carbocycles. The van der Waals surface area contributed by atoms with E-state index in [-0.39, 0.29) is 0 Å². The summed E-state index contributed by atoms with van der Waals surface area (Å²) >= 11 is 0. The molecule has 0 radical (unpaired) electrons. The van der Waals surface area contributed by atoms with Crippen molar-refractivity contribution in [3.63, 3.8) is 0 Å². The Morgan fingerprint density at radius 3 is 2.04 bits per heavy atom. The van der Waals surface area contributed by atoms with Gasteiger partial charge in [-0.05, 0) is 52.1 Å². The van der Waals surface area contributed by atoms with Crippen LogP contribution in [0.1, 0.15) is 33.3 Å². The van der Waals surface area contributed by atoms with Crippen molar-refractivity contribution in [2.45, 2.75) is 57.9 Å². The fourth-order valence-electron chi connectivity index (χ4n) is 4.38. The van der Waals surface area contributed by atoms with Gasteiger partial charge in [0.15, 0.2) is 8.32 Å². The van der Waals surface area contributed by atoms with Gasteiger partial charge in [-0.15, -0.1) is 0 Å². The fraction of sp³-hybridized carbons (Fsp3) is 0.429. The van der Waals surface area contributed by atoms with E-state index >= 15 is 0 Å². The molecule has 0 unspecified atom stereocenters. The molecule has 0 saturated heterocycles. The van der Waals surface area contributed by atoms with Crippen molar-refractivity contribution in [2.24, 2.45) is 0 Å². The molecule has 0 aliphatic carbocycles. The van der Waals surface area contributed by atoms with E-state index in [0.717, 1.165) is 6.04 Å². The van der Waals surface area contributed by atoms with Crippen LogP contribution in [-0.2, 0) is 10.2 Å². The van der Waals surface area contributed by atoms with Crippen LogP contribution in [-0.4, -0.2) is 16.6 Å². The molecule has 0 amide bonds. The van der Waals surface area contributed by atoms with Crippen molar-refractivity contribution in [1.29, 1.82) is 0 Å². The van der Waals surface area contributed by atoms with Gasteiger partial charge in [-0.3, -0.25) is 0 Å². The molecule has 1 nitrogen and oxygen atoms in total. The van der Waals surface area contributed by atoms with Crippen molar-refractivity contribution in [3.05, 3.63) is 54.1 Å². The van der Waals surface area contributed by atoms with Gasteiger partial charge in [-0.2, -0.15) is 0 Å². The first-order valence-electron chi connectivity index (χ1n) is 9.16. The van der Waals surface area contributed by atoms with E-state index in [1.54, 1.807) is 5.56 Å². The second-order valence-electron chi connectivity index (χ2n) is 8.25. The van der Waals surface area contributed by atoms with Crippen LogP contribution >= 0.6 is 0 Å². The molecule has 2 aromatic rings. The minimum absolute atomic E-state index is 0.640. The lowest BCUT2D eigenvalue weighted by Crippen LogP contribution is -2.64. The molecule has 1 heterocycles. The molecule has 0 saturated carbocycles. The first-order valence-corrected chi connectivity index (χ1v) is 14.3. The van der Waals surface area contributed by atoms with Crippen LogP contribution in [0.3, 0.4) is 0 Å². The number of rotatable bonds is 3. The lowest BCUT2D eigenvalue weighted by molar-refractivity contribution is 0.492. The van der Waals surface area contributed by atoms with E-state index in [2.05, 4.69) is 89.3 Å². The normalized spacial score (nSPS) is 18.7. The molecule has 3 heteroatoms. The van der Waals surface area contributed by atoms with Crippen LogP contribution in [0.5, 0.6) is 0 Å². The highest BCUT2D eigenvalue weighted by Gasteiger charge is 2.51. The molecule has 24 heavy (non-hydrogen) atoms. The Kier molecular flexibility index (Phi) is 4.62. The molecule has 0 spiro atoms. The Balaban J connectivity index is 2.23. The molecule has 1 aliphatic rings. The Morgan fingerprint density at radius 1 is 0.833 bits per heavy atom. The third kappa shape index (κ3) is 2.83. The fourth-order valence-corrected chi connectivity index (χ4v) is 15.5. The summed E-state index contributed by atoms with van der Waals surface area (Å²) in [4.78, 5) is 0. The molecule has 0 atom stereocenters. The first kappa shape index (κ1) is 17.7. The van der Waals surface area contributed by atoms with Gasteiger partial charge < -0.3 is 4.12 Å². The maximum absolute atomic E-state index is 7.08. The van der Waals surface area contributed by atoms with Crippen LogP contribution in [0.2, 0.25) is 24.2 Å². The Bertz CT molecular complexity index is 712. The molecule has 1 aliphatic heterocycles. The van der Waals surface area contributed by atoms with Crippen molar-refractivity contribution in [1.82, 2.24) is 0 Å². The van der Waals surface area contributed by atoms with Gasteiger partial charge in [-0.25, -0.2) is 0 Å². The van der Waals surface area contributed by atoms with Crippen molar-refractivity contribution in [2.75, 3.05) is 0 Å². The van der Waals surface area contributed by atoms with Gasteiger partial charge in [0, 0.05) is 0 Å². The SMILES string of the molecule is CC(C)[Si]1(C(C)C)Cc2c(-c3ccccc3)cccc2[Si](C)(C)O1. The van der Waals surface area contributed by atoms with Crippen molar-refractivity contribution >= 4 is 21.8 Å². The summed E-state index contributed by atoms with van der Waals surface area (Å²) in [6.45, 7) is 14.3. The highest BCUT2D eigenvalue weighted by atomic mass is 28.4. The predicted molar refractivity (Wildman–Crippen MR) is 110 cm³/mol. The standard InChI is InChI=1S/C21H30OSi2/c1-16(2)24(17(3)4)15-20-19(18-11-8-7-9-12-18)13-10-14-21(20)23(5,6)22-24/h7-14,16-17H,15H2,1-6H3. The van der Waals surface area contributed by atoms with Gasteiger partial charge in [-0.1, -0.05) is 76.2 Å². The van der Waals surface area contributed by atoms with E-state index in [4.69, 9.17) is 4.12 Å². The molecular formula is C21H30OSi2. The maximum atomic E-state index is 7.08.